The molecule has 0 N–H and O–H groups in total. The Morgan fingerprint density at radius 3 is 1.54 bits per heavy atom. The van der Waals surface area contributed by atoms with Crippen LogP contribution in [0.2, 0.25) is 0 Å². The second kappa shape index (κ2) is 17.1. The van der Waals surface area contributed by atoms with Crippen LogP contribution in [0.15, 0.2) is 218 Å². The van der Waals surface area contributed by atoms with Crippen LogP contribution in [0.4, 0.5) is 0 Å². The zero-order chi connectivity index (χ0) is 42.9. The van der Waals surface area contributed by atoms with Gasteiger partial charge in [0, 0.05) is 0 Å². The summed E-state index contributed by atoms with van der Waals surface area (Å²) in [7, 11) is 0. The van der Waals surface area contributed by atoms with Crippen molar-refractivity contribution in [1.29, 1.82) is 0 Å². The van der Waals surface area contributed by atoms with Gasteiger partial charge in [-0.3, -0.25) is 0 Å². The lowest BCUT2D eigenvalue weighted by Crippen LogP contribution is -1.90. The second-order valence-electron chi connectivity index (χ2n) is 16.9. The van der Waals surface area contributed by atoms with Gasteiger partial charge in [0.05, 0.1) is 0 Å². The van der Waals surface area contributed by atoms with Gasteiger partial charge in [-0.2, -0.15) is 0 Å². The number of aryl methyl sites for hydroxylation is 2. The number of hydrogen-bond acceptors (Lipinski definition) is 0. The van der Waals surface area contributed by atoms with Gasteiger partial charge in [0.1, 0.15) is 0 Å². The average Bonchev–Trinajstić information content (AvgIpc) is 3.35. The van der Waals surface area contributed by atoms with E-state index >= 15 is 0 Å². The smallest absolute Gasteiger partial charge is 0.00697 e. The Hall–Kier alpha value is -7.54. The number of hydrogen-bond donors (Lipinski definition) is 0. The molecule has 0 atom stereocenters. The Labute approximate surface area is 372 Å². The van der Waals surface area contributed by atoms with Crippen molar-refractivity contribution in [3.05, 3.63) is 240 Å². The highest BCUT2D eigenvalue weighted by molar-refractivity contribution is 6.12. The normalized spacial score (nSPS) is 12.1. The molecule has 10 aromatic carbocycles. The Balaban J connectivity index is 0.930. The first-order valence-electron chi connectivity index (χ1n) is 22.2. The van der Waals surface area contributed by atoms with E-state index in [-0.39, 0.29) is 0 Å². The van der Waals surface area contributed by atoms with Crippen LogP contribution in [0, 0.1) is 13.8 Å². The van der Waals surface area contributed by atoms with Crippen LogP contribution < -0.4 is 0 Å². The van der Waals surface area contributed by atoms with E-state index in [1.54, 1.807) is 0 Å². The molecule has 10 aromatic rings. The Morgan fingerprint density at radius 2 is 0.873 bits per heavy atom. The molecule has 0 nitrogen and oxygen atoms in total. The van der Waals surface area contributed by atoms with Crippen molar-refractivity contribution in [3.63, 3.8) is 0 Å². The third-order valence-corrected chi connectivity index (χ3v) is 13.1. The van der Waals surface area contributed by atoms with Gasteiger partial charge >= 0.3 is 0 Å². The Bertz CT molecular complexity index is 3360. The van der Waals surface area contributed by atoms with E-state index in [1.807, 2.05) is 0 Å². The number of fused-ring (bicyclic) bond motifs is 4. The second-order valence-corrected chi connectivity index (χ2v) is 16.9. The fourth-order valence-electron chi connectivity index (χ4n) is 9.36. The number of rotatable bonds is 9. The third kappa shape index (κ3) is 7.82. The lowest BCUT2D eigenvalue weighted by Gasteiger charge is -2.15. The molecule has 0 aliphatic rings. The highest BCUT2D eigenvalue weighted by Crippen LogP contribution is 2.38. The van der Waals surface area contributed by atoms with Crippen LogP contribution in [0.1, 0.15) is 42.5 Å². The van der Waals surface area contributed by atoms with Crippen molar-refractivity contribution in [2.24, 2.45) is 0 Å². The molecule has 0 amide bonds. The molecule has 0 saturated carbocycles. The summed E-state index contributed by atoms with van der Waals surface area (Å²) >= 11 is 0. The van der Waals surface area contributed by atoms with Crippen molar-refractivity contribution in [3.8, 4) is 55.6 Å². The van der Waals surface area contributed by atoms with Gasteiger partial charge in [-0.15, -0.1) is 0 Å². The molecule has 0 heterocycles. The summed E-state index contributed by atoms with van der Waals surface area (Å²) < 4.78 is 0. The van der Waals surface area contributed by atoms with Gasteiger partial charge in [0.2, 0.25) is 0 Å². The van der Waals surface area contributed by atoms with Gasteiger partial charge in [0.15, 0.2) is 0 Å². The van der Waals surface area contributed by atoms with E-state index in [4.69, 9.17) is 0 Å². The SMILES string of the molecule is CC/C(C)=C(/C=C\c1ccc2ccc(-c3ccccc3)cc2c1C)c1cccc(-c2ccc(-c3cccc(-c4ccc5ccc6ccc(-c7ccccc7)cc6c5c4C)c3)cc2)c1. The van der Waals surface area contributed by atoms with E-state index < -0.39 is 0 Å². The molecule has 0 bridgehead atoms. The van der Waals surface area contributed by atoms with E-state index in [2.05, 4.69) is 246 Å². The Kier molecular flexibility index (Phi) is 10.7. The van der Waals surface area contributed by atoms with Crippen molar-refractivity contribution in [2.45, 2.75) is 34.1 Å². The largest absolute Gasteiger partial charge is 0.0658 e. The molecule has 0 heteroatoms. The van der Waals surface area contributed by atoms with Gasteiger partial charge in [-0.05, 0) is 167 Å². The topological polar surface area (TPSA) is 0 Å². The van der Waals surface area contributed by atoms with E-state index in [9.17, 15) is 0 Å². The summed E-state index contributed by atoms with van der Waals surface area (Å²) in [5.74, 6) is 0. The van der Waals surface area contributed by atoms with E-state index in [1.165, 1.54) is 121 Å². The summed E-state index contributed by atoms with van der Waals surface area (Å²) in [6, 6.07) is 75.7. The predicted octanol–water partition coefficient (Wildman–Crippen LogP) is 18.0. The molecule has 0 unspecified atom stereocenters. The molecule has 0 aliphatic heterocycles. The maximum Gasteiger partial charge on any atom is -0.00697 e. The zero-order valence-corrected chi connectivity index (χ0v) is 36.5. The van der Waals surface area contributed by atoms with Crippen molar-refractivity contribution >= 4 is 44.0 Å². The monoisotopic (exact) mass is 806 g/mol. The van der Waals surface area contributed by atoms with Crippen LogP contribution in [-0.2, 0) is 0 Å². The molecule has 63 heavy (non-hydrogen) atoms. The summed E-state index contributed by atoms with van der Waals surface area (Å²) in [5.41, 5.74) is 20.0. The molecule has 10 rings (SSSR count). The quantitative estimate of drug-likeness (QED) is 0.101. The molecule has 0 saturated heterocycles. The fraction of sp³-hybridized carbons (Fsp3) is 0.0794. The molecule has 0 aromatic heterocycles. The molecule has 0 spiro atoms. The summed E-state index contributed by atoms with van der Waals surface area (Å²) in [4.78, 5) is 0. The molecule has 0 radical (unpaired) electrons. The van der Waals surface area contributed by atoms with Crippen LogP contribution in [0.25, 0.3) is 99.6 Å². The number of allylic oxidation sites excluding steroid dienone is 3. The first-order chi connectivity index (χ1) is 30.9. The lowest BCUT2D eigenvalue weighted by molar-refractivity contribution is 1.10. The van der Waals surface area contributed by atoms with Crippen molar-refractivity contribution < 1.29 is 0 Å². The highest BCUT2D eigenvalue weighted by atomic mass is 14.2. The van der Waals surface area contributed by atoms with Crippen LogP contribution >= 0.6 is 0 Å². The van der Waals surface area contributed by atoms with Gasteiger partial charge in [-0.1, -0.05) is 207 Å². The van der Waals surface area contributed by atoms with Gasteiger partial charge in [-0.25, -0.2) is 0 Å². The van der Waals surface area contributed by atoms with Crippen molar-refractivity contribution in [2.75, 3.05) is 0 Å². The van der Waals surface area contributed by atoms with Crippen LogP contribution in [0.3, 0.4) is 0 Å². The molecular formula is C63H50. The minimum atomic E-state index is 0.985. The molecule has 0 aliphatic carbocycles. The van der Waals surface area contributed by atoms with Crippen LogP contribution in [-0.4, -0.2) is 0 Å². The van der Waals surface area contributed by atoms with Gasteiger partial charge in [0.25, 0.3) is 0 Å². The third-order valence-electron chi connectivity index (χ3n) is 13.1. The minimum absolute atomic E-state index is 0.985. The first kappa shape index (κ1) is 39.6. The lowest BCUT2D eigenvalue weighted by atomic mass is 9.89. The minimum Gasteiger partial charge on any atom is -0.0658 e. The summed E-state index contributed by atoms with van der Waals surface area (Å²) in [6.45, 7) is 9.04. The maximum atomic E-state index is 2.37. The summed E-state index contributed by atoms with van der Waals surface area (Å²) in [6.07, 6.45) is 5.61. The molecular weight excluding hydrogens is 757 g/mol. The first-order valence-corrected chi connectivity index (χ1v) is 22.2. The number of benzene rings is 10. The van der Waals surface area contributed by atoms with Crippen molar-refractivity contribution in [1.82, 2.24) is 0 Å². The molecule has 0 fully saturated rings. The molecule has 302 valence electrons. The zero-order valence-electron chi connectivity index (χ0n) is 36.5. The fourth-order valence-corrected chi connectivity index (χ4v) is 9.36. The van der Waals surface area contributed by atoms with Crippen LogP contribution in [0.5, 0.6) is 0 Å². The van der Waals surface area contributed by atoms with E-state index in [0.29, 0.717) is 0 Å². The maximum absolute atomic E-state index is 2.37. The highest BCUT2D eigenvalue weighted by Gasteiger charge is 2.13. The average molecular weight is 807 g/mol. The van der Waals surface area contributed by atoms with E-state index in [0.717, 1.165) is 6.42 Å². The summed E-state index contributed by atoms with van der Waals surface area (Å²) in [5, 5.41) is 7.71. The van der Waals surface area contributed by atoms with Gasteiger partial charge < -0.3 is 0 Å². The Morgan fingerprint density at radius 1 is 0.397 bits per heavy atom. The standard InChI is InChI=1S/C63H50/c1-5-42(2)59(36-34-45-22-27-50-29-32-55(40-61(50)43(45)3)46-14-8-6-9-15-46)57-20-12-18-53(38-57)48-23-25-49(26-24-48)54-19-13-21-58(39-54)60-37-35-52-31-28-51-30-33-56(47-16-10-7-11-17-47)41-62(51)63(52)44(60)4/h6-41H,5H2,1-4H3/b36-34-,59-42-. The predicted molar refractivity (Wildman–Crippen MR) is 274 cm³/mol.